The highest BCUT2D eigenvalue weighted by Crippen LogP contribution is 2.30. The van der Waals surface area contributed by atoms with E-state index in [0.29, 0.717) is 17.2 Å². The maximum absolute atomic E-state index is 12.4. The van der Waals surface area contributed by atoms with E-state index in [4.69, 9.17) is 15.5 Å². The minimum absolute atomic E-state index is 0.193. The van der Waals surface area contributed by atoms with Crippen molar-refractivity contribution >= 4 is 17.4 Å². The number of ether oxygens (including phenoxy) is 1. The molecule has 160 valence electrons. The van der Waals surface area contributed by atoms with Gasteiger partial charge in [-0.3, -0.25) is 9.78 Å². The van der Waals surface area contributed by atoms with E-state index in [1.807, 2.05) is 79.7 Å². The molecule has 6 heteroatoms. The van der Waals surface area contributed by atoms with Crippen molar-refractivity contribution in [1.29, 1.82) is 0 Å². The first-order valence-corrected chi connectivity index (χ1v) is 10.4. The number of amides is 1. The van der Waals surface area contributed by atoms with Crippen molar-refractivity contribution in [2.45, 2.75) is 13.3 Å². The summed E-state index contributed by atoms with van der Waals surface area (Å²) >= 11 is 0. The van der Waals surface area contributed by atoms with Crippen LogP contribution >= 0.6 is 0 Å². The molecular weight excluding hydrogens is 400 g/mol. The third-order valence-electron chi connectivity index (χ3n) is 4.86. The Hall–Kier alpha value is -4.19. The van der Waals surface area contributed by atoms with E-state index >= 15 is 0 Å². The Morgan fingerprint density at radius 2 is 1.72 bits per heavy atom. The predicted molar refractivity (Wildman–Crippen MR) is 127 cm³/mol. The van der Waals surface area contributed by atoms with Crippen molar-refractivity contribution in [2.24, 2.45) is 0 Å². The summed E-state index contributed by atoms with van der Waals surface area (Å²) in [6, 6.07) is 24.9. The van der Waals surface area contributed by atoms with E-state index in [1.54, 1.807) is 6.20 Å². The van der Waals surface area contributed by atoms with Gasteiger partial charge in [0.2, 0.25) is 5.91 Å². The zero-order valence-electron chi connectivity index (χ0n) is 17.8. The van der Waals surface area contributed by atoms with Crippen LogP contribution in [0.5, 0.6) is 5.75 Å². The molecule has 1 aromatic heterocycles. The van der Waals surface area contributed by atoms with Crippen molar-refractivity contribution in [3.05, 3.63) is 90.6 Å². The number of rotatable bonds is 7. The highest BCUT2D eigenvalue weighted by atomic mass is 16.5. The van der Waals surface area contributed by atoms with Gasteiger partial charge in [-0.05, 0) is 37.3 Å². The Bertz CT molecular complexity index is 1210. The number of nitrogens with zero attached hydrogens (tertiary/aromatic N) is 2. The van der Waals surface area contributed by atoms with E-state index in [2.05, 4.69) is 16.4 Å². The Balaban J connectivity index is 1.55. The quantitative estimate of drug-likeness (QED) is 0.403. The SMILES string of the molecule is Cc1cccc(-c2ncc(NC(=O)CCOc3ccccc3)nc2-c2ccc(N)cc2)c1. The van der Waals surface area contributed by atoms with Crippen LogP contribution < -0.4 is 15.8 Å². The van der Waals surface area contributed by atoms with Crippen LogP contribution in [0, 0.1) is 6.92 Å². The molecule has 6 nitrogen and oxygen atoms in total. The summed E-state index contributed by atoms with van der Waals surface area (Å²) < 4.78 is 5.60. The van der Waals surface area contributed by atoms with E-state index in [9.17, 15) is 4.79 Å². The largest absolute Gasteiger partial charge is 0.493 e. The Kier molecular flexibility index (Phi) is 6.41. The number of nitrogens with two attached hydrogens (primary N) is 1. The van der Waals surface area contributed by atoms with Gasteiger partial charge in [0.1, 0.15) is 5.75 Å². The zero-order chi connectivity index (χ0) is 22.3. The molecule has 0 aliphatic heterocycles. The lowest BCUT2D eigenvalue weighted by atomic mass is 10.0. The van der Waals surface area contributed by atoms with Crippen LogP contribution in [0.4, 0.5) is 11.5 Å². The van der Waals surface area contributed by atoms with Gasteiger partial charge >= 0.3 is 0 Å². The van der Waals surface area contributed by atoms with Crippen LogP contribution in [0.15, 0.2) is 85.1 Å². The van der Waals surface area contributed by atoms with E-state index in [1.165, 1.54) is 0 Å². The summed E-state index contributed by atoms with van der Waals surface area (Å²) in [4.78, 5) is 21.8. The molecule has 0 aliphatic rings. The minimum atomic E-state index is -0.193. The summed E-state index contributed by atoms with van der Waals surface area (Å²) in [6.07, 6.45) is 1.78. The molecule has 0 spiro atoms. The first-order chi connectivity index (χ1) is 15.6. The van der Waals surface area contributed by atoms with Gasteiger partial charge in [0.25, 0.3) is 0 Å². The van der Waals surface area contributed by atoms with Crippen LogP contribution in [0.3, 0.4) is 0 Å². The number of nitrogen functional groups attached to an aromatic ring is 1. The second-order valence-corrected chi connectivity index (χ2v) is 7.40. The fourth-order valence-corrected chi connectivity index (χ4v) is 3.28. The molecule has 4 aromatic rings. The number of aryl methyl sites for hydroxylation is 1. The summed E-state index contributed by atoms with van der Waals surface area (Å²) in [6.45, 7) is 2.31. The molecule has 4 rings (SSSR count). The number of carbonyl (C=O) groups excluding carboxylic acids is 1. The molecular formula is C26H24N4O2. The topological polar surface area (TPSA) is 90.1 Å². The molecule has 0 saturated heterocycles. The van der Waals surface area contributed by atoms with Crippen LogP contribution in [-0.2, 0) is 4.79 Å². The molecule has 3 aromatic carbocycles. The Morgan fingerprint density at radius 3 is 2.47 bits per heavy atom. The van der Waals surface area contributed by atoms with Gasteiger partial charge in [-0.15, -0.1) is 0 Å². The van der Waals surface area contributed by atoms with Gasteiger partial charge in [-0.2, -0.15) is 0 Å². The highest BCUT2D eigenvalue weighted by Gasteiger charge is 2.14. The van der Waals surface area contributed by atoms with Gasteiger partial charge in [0.15, 0.2) is 5.82 Å². The number of aromatic nitrogens is 2. The van der Waals surface area contributed by atoms with Crippen molar-refractivity contribution in [3.8, 4) is 28.3 Å². The number of nitrogens with one attached hydrogen (secondary N) is 1. The number of anilines is 2. The molecule has 1 amide bonds. The third kappa shape index (κ3) is 5.29. The van der Waals surface area contributed by atoms with Crippen LogP contribution in [-0.4, -0.2) is 22.5 Å². The van der Waals surface area contributed by atoms with Crippen LogP contribution in [0.1, 0.15) is 12.0 Å². The van der Waals surface area contributed by atoms with Gasteiger partial charge in [-0.25, -0.2) is 4.98 Å². The molecule has 0 radical (unpaired) electrons. The minimum Gasteiger partial charge on any atom is -0.493 e. The van der Waals surface area contributed by atoms with Gasteiger partial charge in [0.05, 0.1) is 30.6 Å². The molecule has 3 N–H and O–H groups in total. The molecule has 0 atom stereocenters. The van der Waals surface area contributed by atoms with Crippen molar-refractivity contribution in [2.75, 3.05) is 17.7 Å². The van der Waals surface area contributed by atoms with Crippen molar-refractivity contribution in [1.82, 2.24) is 9.97 Å². The zero-order valence-corrected chi connectivity index (χ0v) is 17.8. The lowest BCUT2D eigenvalue weighted by Gasteiger charge is -2.12. The fourth-order valence-electron chi connectivity index (χ4n) is 3.28. The summed E-state index contributed by atoms with van der Waals surface area (Å²) in [5.74, 6) is 0.924. The first-order valence-electron chi connectivity index (χ1n) is 10.4. The molecule has 0 unspecified atom stereocenters. The van der Waals surface area contributed by atoms with E-state index < -0.39 is 0 Å². The first kappa shape index (κ1) is 21.1. The van der Waals surface area contributed by atoms with Crippen LogP contribution in [0.2, 0.25) is 0 Å². The second kappa shape index (κ2) is 9.75. The number of para-hydroxylation sites is 1. The van der Waals surface area contributed by atoms with E-state index in [-0.39, 0.29) is 18.9 Å². The van der Waals surface area contributed by atoms with Gasteiger partial charge in [0, 0.05) is 16.8 Å². The maximum Gasteiger partial charge on any atom is 0.228 e. The number of benzene rings is 3. The lowest BCUT2D eigenvalue weighted by Crippen LogP contribution is -2.16. The predicted octanol–water partition coefficient (Wildman–Crippen LogP) is 5.11. The number of carbonyl (C=O) groups is 1. The van der Waals surface area contributed by atoms with Crippen LogP contribution in [0.25, 0.3) is 22.5 Å². The normalized spacial score (nSPS) is 10.5. The van der Waals surface area contributed by atoms with Gasteiger partial charge in [-0.1, -0.05) is 54.1 Å². The smallest absolute Gasteiger partial charge is 0.228 e. The summed E-state index contributed by atoms with van der Waals surface area (Å²) in [5.41, 5.74) is 10.9. The molecule has 0 aliphatic carbocycles. The van der Waals surface area contributed by atoms with Crippen molar-refractivity contribution in [3.63, 3.8) is 0 Å². The number of hydrogen-bond donors (Lipinski definition) is 2. The fraction of sp³-hybridized carbons (Fsp3) is 0.115. The molecule has 32 heavy (non-hydrogen) atoms. The molecule has 0 saturated carbocycles. The molecule has 0 fully saturated rings. The summed E-state index contributed by atoms with van der Waals surface area (Å²) in [5, 5.41) is 2.82. The molecule has 0 bridgehead atoms. The monoisotopic (exact) mass is 424 g/mol. The lowest BCUT2D eigenvalue weighted by molar-refractivity contribution is -0.116. The Morgan fingerprint density at radius 1 is 0.938 bits per heavy atom. The maximum atomic E-state index is 12.4. The van der Waals surface area contributed by atoms with E-state index in [0.717, 1.165) is 28.1 Å². The average Bonchev–Trinajstić information content (AvgIpc) is 2.80. The molecule has 1 heterocycles. The average molecular weight is 425 g/mol. The Labute approximate surface area is 187 Å². The van der Waals surface area contributed by atoms with Gasteiger partial charge < -0.3 is 15.8 Å². The standard InChI is InChI=1S/C26H24N4O2/c1-18-6-5-7-20(16-18)25-26(19-10-12-21(27)13-11-19)30-23(17-28-25)29-24(31)14-15-32-22-8-3-2-4-9-22/h2-13,16-17H,14-15,27H2,1H3,(H,29,30,31). The van der Waals surface area contributed by atoms with Crippen molar-refractivity contribution < 1.29 is 9.53 Å². The third-order valence-corrected chi connectivity index (χ3v) is 4.86. The second-order valence-electron chi connectivity index (χ2n) is 7.40. The highest BCUT2D eigenvalue weighted by molar-refractivity contribution is 5.90. The number of hydrogen-bond acceptors (Lipinski definition) is 5. The summed E-state index contributed by atoms with van der Waals surface area (Å²) in [7, 11) is 0.